The summed E-state index contributed by atoms with van der Waals surface area (Å²) in [4.78, 5) is 58.6. The molecule has 0 aromatic heterocycles. The molecule has 0 radical (unpaired) electrons. The van der Waals surface area contributed by atoms with Gasteiger partial charge < -0.3 is 25.0 Å². The monoisotopic (exact) mass is 549 g/mol. The van der Waals surface area contributed by atoms with Crippen LogP contribution >= 0.6 is 0 Å². The van der Waals surface area contributed by atoms with E-state index in [0.717, 1.165) is 10.6 Å². The standard InChI is InChI=1S/C27H40FN5O6/c1-26(2,3)38-24(36)32-17-20(33(22(34)16-29)25(37)39-27(4,5)6)15-21(32)23(35)31-13-11-30(12-14-31)19-9-7-18(28)8-10-19/h7-10,20-21H,11-17,29H2,1-6H3/t20-,21+/m1/s1. The maximum absolute atomic E-state index is 13.7. The van der Waals surface area contributed by atoms with Crippen LogP contribution in [0.15, 0.2) is 24.3 Å². The minimum atomic E-state index is -0.947. The van der Waals surface area contributed by atoms with Crippen molar-refractivity contribution in [1.82, 2.24) is 14.7 Å². The summed E-state index contributed by atoms with van der Waals surface area (Å²) in [6, 6.07) is 4.40. The zero-order valence-electron chi connectivity index (χ0n) is 23.6. The van der Waals surface area contributed by atoms with Gasteiger partial charge in [0.25, 0.3) is 0 Å². The summed E-state index contributed by atoms with van der Waals surface area (Å²) in [5.41, 5.74) is 4.76. The van der Waals surface area contributed by atoms with Gasteiger partial charge in [0.1, 0.15) is 23.1 Å². The third kappa shape index (κ3) is 7.81. The Labute approximate surface area is 229 Å². The number of nitrogens with zero attached hydrogens (tertiary/aromatic N) is 4. The minimum absolute atomic E-state index is 0.0290. The third-order valence-corrected chi connectivity index (χ3v) is 6.37. The van der Waals surface area contributed by atoms with Crippen LogP contribution in [-0.4, -0.2) is 101 Å². The number of amides is 4. The Kier molecular flexibility index (Phi) is 9.09. The Morgan fingerprint density at radius 1 is 0.949 bits per heavy atom. The molecule has 2 heterocycles. The summed E-state index contributed by atoms with van der Waals surface area (Å²) in [5.74, 6) is -1.29. The summed E-state index contributed by atoms with van der Waals surface area (Å²) in [6.45, 7) is 11.5. The van der Waals surface area contributed by atoms with Gasteiger partial charge in [-0.05, 0) is 72.2 Å². The summed E-state index contributed by atoms with van der Waals surface area (Å²) in [6.07, 6.45) is -1.56. The van der Waals surface area contributed by atoms with Gasteiger partial charge in [0.15, 0.2) is 0 Å². The highest BCUT2D eigenvalue weighted by atomic mass is 19.1. The molecule has 2 fully saturated rings. The average Bonchev–Trinajstić information content (AvgIpc) is 3.27. The first kappa shape index (κ1) is 30.1. The molecule has 0 bridgehead atoms. The summed E-state index contributed by atoms with van der Waals surface area (Å²) in [7, 11) is 0. The molecule has 2 N–H and O–H groups in total. The molecule has 0 spiro atoms. The van der Waals surface area contributed by atoms with Crippen LogP contribution in [0.4, 0.5) is 19.7 Å². The number of nitrogens with two attached hydrogens (primary N) is 1. The lowest BCUT2D eigenvalue weighted by atomic mass is 10.1. The number of hydrogen-bond acceptors (Lipinski definition) is 8. The Hall–Kier alpha value is -3.41. The molecule has 1 aromatic rings. The quantitative estimate of drug-likeness (QED) is 0.608. The van der Waals surface area contributed by atoms with E-state index in [-0.39, 0.29) is 24.7 Å². The van der Waals surface area contributed by atoms with E-state index in [1.165, 1.54) is 17.0 Å². The topological polar surface area (TPSA) is 126 Å². The second kappa shape index (κ2) is 11.8. The largest absolute Gasteiger partial charge is 0.444 e. The molecule has 216 valence electrons. The number of likely N-dealkylation sites (tertiary alicyclic amines) is 1. The van der Waals surface area contributed by atoms with Crippen molar-refractivity contribution in [1.29, 1.82) is 0 Å². The lowest BCUT2D eigenvalue weighted by molar-refractivity contribution is -0.136. The molecule has 11 nitrogen and oxygen atoms in total. The minimum Gasteiger partial charge on any atom is -0.444 e. The maximum atomic E-state index is 13.7. The number of carbonyl (C=O) groups excluding carboxylic acids is 4. The molecule has 0 aliphatic carbocycles. The number of rotatable bonds is 4. The van der Waals surface area contributed by atoms with E-state index in [0.29, 0.717) is 26.2 Å². The van der Waals surface area contributed by atoms with Crippen molar-refractivity contribution in [3.05, 3.63) is 30.1 Å². The molecule has 0 saturated carbocycles. The molecule has 0 unspecified atom stereocenters. The Balaban J connectivity index is 1.81. The van der Waals surface area contributed by atoms with E-state index < -0.39 is 47.9 Å². The molecule has 3 rings (SSSR count). The van der Waals surface area contributed by atoms with Crippen molar-refractivity contribution in [2.45, 2.75) is 71.2 Å². The normalized spacial score (nSPS) is 20.1. The first-order valence-electron chi connectivity index (χ1n) is 13.1. The predicted octanol–water partition coefficient (Wildman–Crippen LogP) is 2.57. The fraction of sp³-hybridized carbons (Fsp3) is 0.630. The molecule has 12 heteroatoms. The van der Waals surface area contributed by atoms with Crippen LogP contribution in [0.5, 0.6) is 0 Å². The summed E-state index contributed by atoms with van der Waals surface area (Å²) in [5, 5.41) is 0. The van der Waals surface area contributed by atoms with Crippen LogP contribution < -0.4 is 10.6 Å². The van der Waals surface area contributed by atoms with E-state index in [1.807, 2.05) is 0 Å². The van der Waals surface area contributed by atoms with Crippen LogP contribution in [0.3, 0.4) is 0 Å². The number of piperazine rings is 1. The number of imide groups is 1. The van der Waals surface area contributed by atoms with E-state index in [9.17, 15) is 23.6 Å². The number of hydrogen-bond donors (Lipinski definition) is 1. The number of ether oxygens (including phenoxy) is 2. The van der Waals surface area contributed by atoms with Gasteiger partial charge in [-0.3, -0.25) is 14.5 Å². The summed E-state index contributed by atoms with van der Waals surface area (Å²) < 4.78 is 24.3. The van der Waals surface area contributed by atoms with Gasteiger partial charge in [0.2, 0.25) is 11.8 Å². The summed E-state index contributed by atoms with van der Waals surface area (Å²) >= 11 is 0. The lowest BCUT2D eigenvalue weighted by Crippen LogP contribution is -2.54. The fourth-order valence-electron chi connectivity index (χ4n) is 4.67. The van der Waals surface area contributed by atoms with E-state index in [2.05, 4.69) is 4.90 Å². The fourth-order valence-corrected chi connectivity index (χ4v) is 4.67. The number of halogens is 1. The van der Waals surface area contributed by atoms with Crippen LogP contribution in [-0.2, 0) is 19.1 Å². The van der Waals surface area contributed by atoms with Crippen molar-refractivity contribution in [3.63, 3.8) is 0 Å². The molecule has 4 amide bonds. The molecular weight excluding hydrogens is 509 g/mol. The van der Waals surface area contributed by atoms with Crippen LogP contribution in [0.25, 0.3) is 0 Å². The van der Waals surface area contributed by atoms with Crippen molar-refractivity contribution in [3.8, 4) is 0 Å². The van der Waals surface area contributed by atoms with Crippen LogP contribution in [0.2, 0.25) is 0 Å². The second-order valence-electron chi connectivity index (χ2n) is 11.8. The lowest BCUT2D eigenvalue weighted by Gasteiger charge is -2.38. The van der Waals surface area contributed by atoms with Crippen molar-refractivity contribution in [2.75, 3.05) is 44.2 Å². The van der Waals surface area contributed by atoms with Gasteiger partial charge in [0.05, 0.1) is 12.6 Å². The first-order valence-corrected chi connectivity index (χ1v) is 13.1. The van der Waals surface area contributed by atoms with E-state index in [4.69, 9.17) is 15.2 Å². The van der Waals surface area contributed by atoms with Gasteiger partial charge in [-0.1, -0.05) is 0 Å². The highest BCUT2D eigenvalue weighted by Crippen LogP contribution is 2.28. The van der Waals surface area contributed by atoms with Crippen molar-refractivity contribution >= 4 is 29.7 Å². The second-order valence-corrected chi connectivity index (χ2v) is 11.8. The molecule has 2 saturated heterocycles. The third-order valence-electron chi connectivity index (χ3n) is 6.37. The van der Waals surface area contributed by atoms with Crippen molar-refractivity contribution in [2.24, 2.45) is 5.73 Å². The zero-order chi connectivity index (χ0) is 29.1. The molecule has 2 aliphatic heterocycles. The first-order chi connectivity index (χ1) is 18.1. The smallest absolute Gasteiger partial charge is 0.417 e. The molecule has 2 atom stereocenters. The number of carbonyl (C=O) groups is 4. The van der Waals surface area contributed by atoms with Gasteiger partial charge in [0, 0.05) is 38.4 Å². The van der Waals surface area contributed by atoms with E-state index >= 15 is 0 Å². The SMILES string of the molecule is CC(C)(C)OC(=O)N1C[C@H](N(C(=O)CN)C(=O)OC(C)(C)C)C[C@H]1C(=O)N1CCN(c2ccc(F)cc2)CC1. The highest BCUT2D eigenvalue weighted by Gasteiger charge is 2.48. The Bertz CT molecular complexity index is 1060. The Morgan fingerprint density at radius 2 is 1.51 bits per heavy atom. The molecule has 1 aromatic carbocycles. The Morgan fingerprint density at radius 3 is 2.03 bits per heavy atom. The average molecular weight is 550 g/mol. The van der Waals surface area contributed by atoms with Crippen LogP contribution in [0, 0.1) is 5.82 Å². The van der Waals surface area contributed by atoms with Gasteiger partial charge in [-0.2, -0.15) is 0 Å². The molecule has 2 aliphatic rings. The molecule has 39 heavy (non-hydrogen) atoms. The van der Waals surface area contributed by atoms with Gasteiger partial charge in [-0.25, -0.2) is 18.9 Å². The predicted molar refractivity (Wildman–Crippen MR) is 142 cm³/mol. The number of anilines is 1. The highest BCUT2D eigenvalue weighted by molar-refractivity contribution is 5.94. The molecular formula is C27H40FN5O6. The number of benzene rings is 1. The van der Waals surface area contributed by atoms with E-state index in [1.54, 1.807) is 58.6 Å². The van der Waals surface area contributed by atoms with Gasteiger partial charge >= 0.3 is 12.2 Å². The maximum Gasteiger partial charge on any atom is 0.417 e. The zero-order valence-corrected chi connectivity index (χ0v) is 23.6. The van der Waals surface area contributed by atoms with Crippen molar-refractivity contribution < 1.29 is 33.0 Å². The van der Waals surface area contributed by atoms with Crippen LogP contribution in [0.1, 0.15) is 48.0 Å². The van der Waals surface area contributed by atoms with Gasteiger partial charge in [-0.15, -0.1) is 0 Å².